The fourth-order valence-electron chi connectivity index (χ4n) is 4.56. The highest BCUT2D eigenvalue weighted by Gasteiger charge is 2.26. The summed E-state index contributed by atoms with van der Waals surface area (Å²) in [7, 11) is 1.63. The van der Waals surface area contributed by atoms with Crippen molar-refractivity contribution in [3.63, 3.8) is 0 Å². The Labute approximate surface area is 193 Å². The number of aromatic nitrogens is 2. The van der Waals surface area contributed by atoms with Gasteiger partial charge in [0.25, 0.3) is 0 Å². The molecule has 7 heteroatoms. The average Bonchev–Trinajstić information content (AvgIpc) is 3.16. The first kappa shape index (κ1) is 22.9. The van der Waals surface area contributed by atoms with Crippen LogP contribution in [0.5, 0.6) is 11.6 Å². The number of nitrogens with zero attached hydrogens (tertiary/aromatic N) is 2. The SMILES string of the molecule is COc1cccc(-c2c(-c3ccccc3)nn(C[C@H]3CC[C@@H](COCC(=O)O)CC3)c2O)c1. The van der Waals surface area contributed by atoms with E-state index in [2.05, 4.69) is 0 Å². The first-order valence-corrected chi connectivity index (χ1v) is 11.3. The molecule has 174 valence electrons. The summed E-state index contributed by atoms with van der Waals surface area (Å²) in [4.78, 5) is 10.6. The van der Waals surface area contributed by atoms with E-state index in [-0.39, 0.29) is 12.5 Å². The Morgan fingerprint density at radius 1 is 1.03 bits per heavy atom. The number of aromatic hydroxyl groups is 1. The minimum absolute atomic E-state index is 0.161. The zero-order chi connectivity index (χ0) is 23.2. The van der Waals surface area contributed by atoms with Crippen LogP contribution in [0.4, 0.5) is 0 Å². The molecule has 3 aromatic rings. The van der Waals surface area contributed by atoms with E-state index in [9.17, 15) is 9.90 Å². The lowest BCUT2D eigenvalue weighted by molar-refractivity contribution is -0.142. The van der Waals surface area contributed by atoms with Crippen LogP contribution in [0, 0.1) is 11.8 Å². The fraction of sp³-hybridized carbons (Fsp3) is 0.385. The van der Waals surface area contributed by atoms with Crippen molar-refractivity contribution in [3.8, 4) is 34.0 Å². The van der Waals surface area contributed by atoms with Crippen molar-refractivity contribution in [2.75, 3.05) is 20.3 Å². The second kappa shape index (κ2) is 10.5. The zero-order valence-electron chi connectivity index (χ0n) is 18.8. The molecule has 1 aliphatic rings. The van der Waals surface area contributed by atoms with Gasteiger partial charge in [-0.3, -0.25) is 0 Å². The highest BCUT2D eigenvalue weighted by Crippen LogP contribution is 2.40. The first-order valence-electron chi connectivity index (χ1n) is 11.3. The molecule has 0 aliphatic heterocycles. The zero-order valence-corrected chi connectivity index (χ0v) is 18.8. The van der Waals surface area contributed by atoms with Gasteiger partial charge in [0, 0.05) is 12.1 Å². The van der Waals surface area contributed by atoms with Crippen LogP contribution in [0.25, 0.3) is 22.4 Å². The van der Waals surface area contributed by atoms with Crippen LogP contribution < -0.4 is 4.74 Å². The number of carboxylic acid groups (broad SMARTS) is 1. The van der Waals surface area contributed by atoms with E-state index in [1.54, 1.807) is 11.8 Å². The quantitative estimate of drug-likeness (QED) is 0.485. The van der Waals surface area contributed by atoms with Gasteiger partial charge in [-0.15, -0.1) is 0 Å². The molecular weight excluding hydrogens is 420 g/mol. The summed E-state index contributed by atoms with van der Waals surface area (Å²) in [6.07, 6.45) is 3.96. The third-order valence-electron chi connectivity index (χ3n) is 6.31. The summed E-state index contributed by atoms with van der Waals surface area (Å²) in [5.41, 5.74) is 3.26. The number of ether oxygens (including phenoxy) is 2. The van der Waals surface area contributed by atoms with E-state index in [1.807, 2.05) is 54.6 Å². The van der Waals surface area contributed by atoms with Gasteiger partial charge in [0.2, 0.25) is 5.88 Å². The van der Waals surface area contributed by atoms with Crippen molar-refractivity contribution in [2.24, 2.45) is 11.8 Å². The number of methoxy groups -OCH3 is 1. The van der Waals surface area contributed by atoms with E-state index in [0.29, 0.717) is 30.6 Å². The van der Waals surface area contributed by atoms with Crippen molar-refractivity contribution in [1.29, 1.82) is 0 Å². The lowest BCUT2D eigenvalue weighted by atomic mass is 9.82. The summed E-state index contributed by atoms with van der Waals surface area (Å²) in [5.74, 6) is 0.738. The van der Waals surface area contributed by atoms with Gasteiger partial charge >= 0.3 is 5.97 Å². The molecule has 0 unspecified atom stereocenters. The Hall–Kier alpha value is -3.32. The van der Waals surface area contributed by atoms with Crippen molar-refractivity contribution >= 4 is 5.97 Å². The Morgan fingerprint density at radius 2 is 1.73 bits per heavy atom. The predicted octanol–water partition coefficient (Wildman–Crippen LogP) is 4.84. The van der Waals surface area contributed by atoms with Gasteiger partial charge in [0.1, 0.15) is 18.1 Å². The fourth-order valence-corrected chi connectivity index (χ4v) is 4.56. The standard InChI is InChI=1S/C26H30N2O5/c1-32-22-9-5-8-21(14-22)24-25(20-6-3-2-4-7-20)27-28(26(24)31)15-18-10-12-19(13-11-18)16-33-17-23(29)30/h2-9,14,18-19,31H,10-13,15-17H2,1H3,(H,29,30)/t18-,19+. The molecule has 1 heterocycles. The van der Waals surface area contributed by atoms with Gasteiger partial charge in [-0.1, -0.05) is 42.5 Å². The number of hydrogen-bond acceptors (Lipinski definition) is 5. The molecule has 1 saturated carbocycles. The van der Waals surface area contributed by atoms with E-state index >= 15 is 0 Å². The molecule has 1 aliphatic carbocycles. The van der Waals surface area contributed by atoms with Crippen molar-refractivity contribution in [3.05, 3.63) is 54.6 Å². The normalized spacial score (nSPS) is 18.2. The molecule has 1 fully saturated rings. The largest absolute Gasteiger partial charge is 0.497 e. The average molecular weight is 451 g/mol. The lowest BCUT2D eigenvalue weighted by Crippen LogP contribution is -2.23. The second-order valence-corrected chi connectivity index (χ2v) is 8.62. The minimum Gasteiger partial charge on any atom is -0.497 e. The maximum absolute atomic E-state index is 11.2. The van der Waals surface area contributed by atoms with Crippen LogP contribution in [0.1, 0.15) is 25.7 Å². The molecule has 0 saturated heterocycles. The van der Waals surface area contributed by atoms with Crippen LogP contribution in [0.3, 0.4) is 0 Å². The molecule has 1 aromatic heterocycles. The maximum atomic E-state index is 11.2. The van der Waals surface area contributed by atoms with E-state index < -0.39 is 5.97 Å². The molecule has 2 aromatic carbocycles. The van der Waals surface area contributed by atoms with Crippen molar-refractivity contribution in [2.45, 2.75) is 32.2 Å². The van der Waals surface area contributed by atoms with Crippen molar-refractivity contribution < 1.29 is 24.5 Å². The Bertz CT molecular complexity index is 1070. The van der Waals surface area contributed by atoms with Gasteiger partial charge in [-0.2, -0.15) is 5.10 Å². The Balaban J connectivity index is 1.54. The van der Waals surface area contributed by atoms with Gasteiger partial charge in [0.15, 0.2) is 0 Å². The monoisotopic (exact) mass is 450 g/mol. The summed E-state index contributed by atoms with van der Waals surface area (Å²) in [6.45, 7) is 0.888. The number of aliphatic carboxylic acids is 1. The minimum atomic E-state index is -0.932. The number of rotatable bonds is 9. The Morgan fingerprint density at radius 3 is 2.42 bits per heavy atom. The third-order valence-corrected chi connectivity index (χ3v) is 6.31. The topological polar surface area (TPSA) is 93.8 Å². The first-order chi connectivity index (χ1) is 16.0. The van der Waals surface area contributed by atoms with E-state index in [1.165, 1.54) is 0 Å². The van der Waals surface area contributed by atoms with Crippen LogP contribution in [-0.2, 0) is 16.1 Å². The number of carbonyl (C=O) groups is 1. The second-order valence-electron chi connectivity index (χ2n) is 8.62. The predicted molar refractivity (Wildman–Crippen MR) is 125 cm³/mol. The maximum Gasteiger partial charge on any atom is 0.329 e. The molecule has 0 amide bonds. The van der Waals surface area contributed by atoms with E-state index in [4.69, 9.17) is 19.7 Å². The van der Waals surface area contributed by atoms with Gasteiger partial charge in [-0.25, -0.2) is 9.48 Å². The number of carboxylic acids is 1. The molecule has 0 radical (unpaired) electrons. The van der Waals surface area contributed by atoms with Crippen LogP contribution in [0.2, 0.25) is 0 Å². The smallest absolute Gasteiger partial charge is 0.329 e. The molecule has 0 bridgehead atoms. The van der Waals surface area contributed by atoms with E-state index in [0.717, 1.165) is 48.3 Å². The van der Waals surface area contributed by atoms with Gasteiger partial charge in [-0.05, 0) is 55.2 Å². The highest BCUT2D eigenvalue weighted by atomic mass is 16.5. The lowest BCUT2D eigenvalue weighted by Gasteiger charge is -2.28. The van der Waals surface area contributed by atoms with Gasteiger partial charge < -0.3 is 19.7 Å². The molecule has 33 heavy (non-hydrogen) atoms. The van der Waals surface area contributed by atoms with Crippen LogP contribution >= 0.6 is 0 Å². The van der Waals surface area contributed by atoms with Gasteiger partial charge in [0.05, 0.1) is 19.3 Å². The molecule has 2 N–H and O–H groups in total. The molecule has 0 spiro atoms. The number of benzene rings is 2. The summed E-state index contributed by atoms with van der Waals surface area (Å²) < 4.78 is 12.4. The molecule has 4 rings (SSSR count). The summed E-state index contributed by atoms with van der Waals surface area (Å²) in [6, 6.07) is 17.6. The Kier molecular flexibility index (Phi) is 7.29. The summed E-state index contributed by atoms with van der Waals surface area (Å²) >= 11 is 0. The molecular formula is C26H30N2O5. The highest BCUT2D eigenvalue weighted by molar-refractivity contribution is 5.84. The number of hydrogen-bond donors (Lipinski definition) is 2. The summed E-state index contributed by atoms with van der Waals surface area (Å²) in [5, 5.41) is 24.8. The van der Waals surface area contributed by atoms with Crippen LogP contribution in [-0.4, -0.2) is 46.3 Å². The van der Waals surface area contributed by atoms with Crippen LogP contribution in [0.15, 0.2) is 54.6 Å². The third kappa shape index (κ3) is 5.54. The molecule has 0 atom stereocenters. The molecule has 7 nitrogen and oxygen atoms in total. The van der Waals surface area contributed by atoms with Crippen molar-refractivity contribution in [1.82, 2.24) is 9.78 Å².